The molecule has 5 N–H and O–H groups in total. The Morgan fingerprint density at radius 2 is 2.30 bits per heavy atom. The Kier molecular flexibility index (Phi) is 3.94. The van der Waals surface area contributed by atoms with Crippen LogP contribution in [0.4, 0.5) is 11.7 Å². The van der Waals surface area contributed by atoms with E-state index in [1.165, 1.54) is 12.6 Å². The van der Waals surface area contributed by atoms with E-state index in [0.717, 1.165) is 5.56 Å². The fraction of sp³-hybridized carbons (Fsp3) is 0. The molecule has 0 aliphatic carbocycles. The van der Waals surface area contributed by atoms with Gasteiger partial charge in [0.05, 0.1) is 5.69 Å². The van der Waals surface area contributed by atoms with Crippen molar-refractivity contribution in [1.29, 1.82) is 5.26 Å². The quantitative estimate of drug-likeness (QED) is 0.327. The van der Waals surface area contributed by atoms with Crippen molar-refractivity contribution in [2.75, 3.05) is 0 Å². The second-order valence-corrected chi connectivity index (χ2v) is 3.62. The Hall–Kier alpha value is -3.34. The minimum Gasteiger partial charge on any atom is -0.430 e. The highest BCUT2D eigenvalue weighted by molar-refractivity contribution is 5.78. The van der Waals surface area contributed by atoms with Crippen molar-refractivity contribution in [2.45, 2.75) is 0 Å². The number of aromatic nitrogens is 1. The van der Waals surface area contributed by atoms with E-state index in [1.807, 2.05) is 12.1 Å². The van der Waals surface area contributed by atoms with E-state index in [4.69, 9.17) is 21.1 Å². The lowest BCUT2D eigenvalue weighted by Gasteiger charge is -1.97. The summed E-state index contributed by atoms with van der Waals surface area (Å²) in [6.07, 6.45) is 4.48. The molecule has 1 heterocycles. The summed E-state index contributed by atoms with van der Waals surface area (Å²) in [6, 6.07) is 7.31. The standard InChI is InChI=1S/C12H11N7O/c13-6-16-7-17-9-3-1-2-8(4-9)10-5-20-12(18-10)19-11(14)15/h1-5,7H,(H,16,17)(H4,14,15,18,19). The summed E-state index contributed by atoms with van der Waals surface area (Å²) in [5, 5.41) is 10.7. The highest BCUT2D eigenvalue weighted by Gasteiger charge is 2.06. The summed E-state index contributed by atoms with van der Waals surface area (Å²) in [4.78, 5) is 11.9. The van der Waals surface area contributed by atoms with Crippen LogP contribution in [-0.4, -0.2) is 17.3 Å². The lowest BCUT2D eigenvalue weighted by Crippen LogP contribution is -2.21. The van der Waals surface area contributed by atoms with Crippen LogP contribution >= 0.6 is 0 Å². The number of nitrogens with two attached hydrogens (primary N) is 2. The molecule has 1 aromatic heterocycles. The minimum absolute atomic E-state index is 0.0834. The van der Waals surface area contributed by atoms with Crippen molar-refractivity contribution in [2.24, 2.45) is 21.5 Å². The van der Waals surface area contributed by atoms with Gasteiger partial charge in [-0.05, 0) is 12.1 Å². The SMILES string of the molecule is N#CNC=Nc1cccc(-c2coc(N=C(N)N)n2)c1. The Labute approximate surface area is 114 Å². The van der Waals surface area contributed by atoms with Gasteiger partial charge in [-0.15, -0.1) is 0 Å². The second kappa shape index (κ2) is 6.01. The highest BCUT2D eigenvalue weighted by atomic mass is 16.4. The fourth-order valence-electron chi connectivity index (χ4n) is 1.44. The maximum absolute atomic E-state index is 8.34. The van der Waals surface area contributed by atoms with Crippen molar-refractivity contribution in [3.63, 3.8) is 0 Å². The molecule has 0 bridgehead atoms. The predicted octanol–water partition coefficient (Wildman–Crippen LogP) is 0.977. The molecule has 0 amide bonds. The normalized spacial score (nSPS) is 10.2. The lowest BCUT2D eigenvalue weighted by molar-refractivity contribution is 0.570. The molecule has 8 nitrogen and oxygen atoms in total. The van der Waals surface area contributed by atoms with E-state index < -0.39 is 0 Å². The van der Waals surface area contributed by atoms with Gasteiger partial charge in [0.15, 0.2) is 12.2 Å². The first-order valence-corrected chi connectivity index (χ1v) is 5.52. The van der Waals surface area contributed by atoms with Crippen LogP contribution in [0.1, 0.15) is 0 Å². The zero-order valence-electron chi connectivity index (χ0n) is 10.3. The maximum atomic E-state index is 8.34. The Balaban J connectivity index is 2.25. The second-order valence-electron chi connectivity index (χ2n) is 3.62. The van der Waals surface area contributed by atoms with Crippen LogP contribution in [0.2, 0.25) is 0 Å². The molecule has 20 heavy (non-hydrogen) atoms. The first-order valence-electron chi connectivity index (χ1n) is 5.52. The number of hydrogen-bond acceptors (Lipinski definition) is 5. The zero-order chi connectivity index (χ0) is 14.4. The molecule has 0 unspecified atom stereocenters. The van der Waals surface area contributed by atoms with E-state index in [0.29, 0.717) is 11.4 Å². The first kappa shape index (κ1) is 13.1. The monoisotopic (exact) mass is 269 g/mol. The van der Waals surface area contributed by atoms with Gasteiger partial charge in [-0.2, -0.15) is 15.2 Å². The van der Waals surface area contributed by atoms with Crippen molar-refractivity contribution in [3.8, 4) is 17.5 Å². The summed E-state index contributed by atoms with van der Waals surface area (Å²) >= 11 is 0. The number of aliphatic imine (C=N–C) groups is 2. The number of nitrogens with one attached hydrogen (secondary N) is 1. The molecule has 0 fully saturated rings. The molecular formula is C12H11N7O. The van der Waals surface area contributed by atoms with Crippen LogP contribution in [-0.2, 0) is 0 Å². The number of rotatable bonds is 4. The molecule has 0 saturated carbocycles. The van der Waals surface area contributed by atoms with E-state index >= 15 is 0 Å². The van der Waals surface area contributed by atoms with E-state index in [-0.39, 0.29) is 12.0 Å². The molecule has 100 valence electrons. The van der Waals surface area contributed by atoms with Gasteiger partial charge < -0.3 is 15.9 Å². The largest absolute Gasteiger partial charge is 0.430 e. The van der Waals surface area contributed by atoms with Crippen LogP contribution in [0.25, 0.3) is 11.3 Å². The third-order valence-electron chi connectivity index (χ3n) is 2.20. The number of hydrogen-bond donors (Lipinski definition) is 3. The van der Waals surface area contributed by atoms with Gasteiger partial charge in [0.25, 0.3) is 0 Å². The number of nitrogens with zero attached hydrogens (tertiary/aromatic N) is 4. The average Bonchev–Trinajstić information content (AvgIpc) is 2.87. The lowest BCUT2D eigenvalue weighted by atomic mass is 10.1. The molecule has 0 atom stereocenters. The molecule has 0 aliphatic heterocycles. The van der Waals surface area contributed by atoms with Crippen molar-refractivity contribution in [1.82, 2.24) is 10.3 Å². The van der Waals surface area contributed by atoms with Crippen LogP contribution < -0.4 is 16.8 Å². The molecule has 2 aromatic rings. The van der Waals surface area contributed by atoms with Gasteiger partial charge in [-0.3, -0.25) is 5.32 Å². The van der Waals surface area contributed by atoms with E-state index in [9.17, 15) is 0 Å². The van der Waals surface area contributed by atoms with Gasteiger partial charge >= 0.3 is 6.01 Å². The minimum atomic E-state index is -0.126. The average molecular weight is 269 g/mol. The topological polar surface area (TPSA) is 139 Å². The van der Waals surface area contributed by atoms with Crippen molar-refractivity contribution in [3.05, 3.63) is 30.5 Å². The number of benzene rings is 1. The molecular weight excluding hydrogens is 258 g/mol. The molecule has 0 spiro atoms. The summed E-state index contributed by atoms with van der Waals surface area (Å²) in [5.74, 6) is -0.126. The van der Waals surface area contributed by atoms with Gasteiger partial charge in [0.1, 0.15) is 18.3 Å². The van der Waals surface area contributed by atoms with Crippen LogP contribution in [0.3, 0.4) is 0 Å². The Morgan fingerprint density at radius 3 is 3.05 bits per heavy atom. The molecule has 8 heteroatoms. The Bertz CT molecular complexity index is 692. The van der Waals surface area contributed by atoms with E-state index in [1.54, 1.807) is 18.3 Å². The first-order chi connectivity index (χ1) is 9.69. The smallest absolute Gasteiger partial charge is 0.325 e. The van der Waals surface area contributed by atoms with Gasteiger partial charge in [0.2, 0.25) is 0 Å². The summed E-state index contributed by atoms with van der Waals surface area (Å²) in [7, 11) is 0. The number of oxazole rings is 1. The van der Waals surface area contributed by atoms with Crippen molar-refractivity contribution < 1.29 is 4.42 Å². The molecule has 1 aromatic carbocycles. The third-order valence-corrected chi connectivity index (χ3v) is 2.20. The highest BCUT2D eigenvalue weighted by Crippen LogP contribution is 2.25. The van der Waals surface area contributed by atoms with E-state index in [2.05, 4.69) is 20.3 Å². The summed E-state index contributed by atoms with van der Waals surface area (Å²) < 4.78 is 5.12. The number of nitriles is 1. The molecule has 0 radical (unpaired) electrons. The Morgan fingerprint density at radius 1 is 1.45 bits per heavy atom. The van der Waals surface area contributed by atoms with Crippen LogP contribution in [0.15, 0.2) is 44.9 Å². The maximum Gasteiger partial charge on any atom is 0.325 e. The third kappa shape index (κ3) is 3.33. The summed E-state index contributed by atoms with van der Waals surface area (Å²) in [6.45, 7) is 0. The number of guanidine groups is 1. The fourth-order valence-corrected chi connectivity index (χ4v) is 1.44. The molecule has 0 saturated heterocycles. The molecule has 0 aliphatic rings. The van der Waals surface area contributed by atoms with Gasteiger partial charge in [0, 0.05) is 5.56 Å². The van der Waals surface area contributed by atoms with Crippen LogP contribution in [0.5, 0.6) is 0 Å². The van der Waals surface area contributed by atoms with Crippen LogP contribution in [0, 0.1) is 11.5 Å². The van der Waals surface area contributed by atoms with Gasteiger partial charge in [-0.25, -0.2) is 4.99 Å². The van der Waals surface area contributed by atoms with Gasteiger partial charge in [-0.1, -0.05) is 12.1 Å². The summed E-state index contributed by atoms with van der Waals surface area (Å²) in [5.41, 5.74) is 12.5. The van der Waals surface area contributed by atoms with Crippen molar-refractivity contribution >= 4 is 24.0 Å². The zero-order valence-corrected chi connectivity index (χ0v) is 10.3. The molecule has 2 rings (SSSR count). The predicted molar refractivity (Wildman–Crippen MR) is 74.3 cm³/mol.